The van der Waals surface area contributed by atoms with Crippen molar-refractivity contribution in [2.45, 2.75) is 52.9 Å². The molecule has 0 saturated carbocycles. The molecule has 1 aliphatic rings. The van der Waals surface area contributed by atoms with Crippen LogP contribution < -0.4 is 0 Å². The molecule has 0 amide bonds. The van der Waals surface area contributed by atoms with Gasteiger partial charge in [-0.1, -0.05) is 38.8 Å². The molecule has 0 spiro atoms. The average molecular weight is 152 g/mol. The molecule has 0 aromatic heterocycles. The highest BCUT2D eigenvalue weighted by atomic mass is 14.3. The summed E-state index contributed by atoms with van der Waals surface area (Å²) in [6.07, 6.45) is 9.27. The molecule has 1 aliphatic carbocycles. The Kier molecular flexibility index (Phi) is 2.75. The number of allylic oxidation sites excluding steroid dienone is 2. The number of rotatable bonds is 3. The second kappa shape index (κ2) is 3.42. The Hall–Kier alpha value is -0.260. The highest BCUT2D eigenvalue weighted by molar-refractivity contribution is 5.14. The lowest BCUT2D eigenvalue weighted by atomic mass is 9.94. The smallest absolute Gasteiger partial charge is 0.0169 e. The molecule has 0 fully saturated rings. The van der Waals surface area contributed by atoms with Crippen LogP contribution in [0.4, 0.5) is 0 Å². The maximum Gasteiger partial charge on any atom is -0.0169 e. The van der Waals surface area contributed by atoms with E-state index in [0.717, 1.165) is 0 Å². The quantitative estimate of drug-likeness (QED) is 0.538. The maximum absolute atomic E-state index is 2.49. The van der Waals surface area contributed by atoms with E-state index in [2.05, 4.69) is 26.8 Å². The molecule has 0 radical (unpaired) electrons. The minimum absolute atomic E-state index is 0.503. The lowest BCUT2D eigenvalue weighted by Crippen LogP contribution is -2.00. The minimum Gasteiger partial charge on any atom is -0.0796 e. The van der Waals surface area contributed by atoms with Gasteiger partial charge in [0.1, 0.15) is 0 Å². The molecule has 64 valence electrons. The Morgan fingerprint density at radius 2 is 2.18 bits per heavy atom. The van der Waals surface area contributed by atoms with Crippen molar-refractivity contribution >= 4 is 0 Å². The van der Waals surface area contributed by atoms with Gasteiger partial charge >= 0.3 is 0 Å². The summed E-state index contributed by atoms with van der Waals surface area (Å²) in [5, 5.41) is 0. The second-order valence-electron chi connectivity index (χ2n) is 4.39. The Morgan fingerprint density at radius 1 is 1.45 bits per heavy atom. The van der Waals surface area contributed by atoms with Gasteiger partial charge in [0.05, 0.1) is 0 Å². The van der Waals surface area contributed by atoms with Crippen molar-refractivity contribution < 1.29 is 0 Å². The first-order valence-corrected chi connectivity index (χ1v) is 4.85. The normalized spacial score (nSPS) is 21.9. The number of hydrogen-bond donors (Lipinski definition) is 0. The molecule has 0 heteroatoms. The fourth-order valence-electron chi connectivity index (χ4n) is 1.78. The Balaban J connectivity index is 2.37. The van der Waals surface area contributed by atoms with Crippen molar-refractivity contribution in [3.63, 3.8) is 0 Å². The summed E-state index contributed by atoms with van der Waals surface area (Å²) in [6, 6.07) is 0. The largest absolute Gasteiger partial charge is 0.0796 e. The van der Waals surface area contributed by atoms with Crippen LogP contribution in [0.1, 0.15) is 52.9 Å². The van der Waals surface area contributed by atoms with Crippen molar-refractivity contribution in [3.8, 4) is 0 Å². The lowest BCUT2D eigenvalue weighted by molar-refractivity contribution is 0.470. The highest BCUT2D eigenvalue weighted by Crippen LogP contribution is 2.36. The Bertz CT molecular complexity index is 151. The molecular formula is C11H20. The molecule has 0 aromatic carbocycles. The van der Waals surface area contributed by atoms with Crippen LogP contribution >= 0.6 is 0 Å². The third kappa shape index (κ3) is 2.69. The molecule has 0 aromatic rings. The third-order valence-corrected chi connectivity index (χ3v) is 2.54. The van der Waals surface area contributed by atoms with E-state index in [1.54, 1.807) is 5.57 Å². The first-order chi connectivity index (χ1) is 5.14. The SMILES string of the molecule is CCCCC1=CC(C)(C)CC1. The average Bonchev–Trinajstić information content (AvgIpc) is 2.26. The predicted molar refractivity (Wildman–Crippen MR) is 50.6 cm³/mol. The lowest BCUT2D eigenvalue weighted by Gasteiger charge is -2.11. The Morgan fingerprint density at radius 3 is 2.64 bits per heavy atom. The molecule has 0 N–H and O–H groups in total. The molecule has 0 aliphatic heterocycles. The molecule has 0 atom stereocenters. The van der Waals surface area contributed by atoms with E-state index in [-0.39, 0.29) is 0 Å². The molecule has 0 nitrogen and oxygen atoms in total. The van der Waals surface area contributed by atoms with Crippen LogP contribution in [0, 0.1) is 5.41 Å². The second-order valence-corrected chi connectivity index (χ2v) is 4.39. The van der Waals surface area contributed by atoms with Gasteiger partial charge < -0.3 is 0 Å². The molecule has 11 heavy (non-hydrogen) atoms. The highest BCUT2D eigenvalue weighted by Gasteiger charge is 2.21. The van der Waals surface area contributed by atoms with Crippen LogP contribution in [-0.4, -0.2) is 0 Å². The zero-order valence-electron chi connectivity index (χ0n) is 8.11. The van der Waals surface area contributed by atoms with Crippen LogP contribution in [0.25, 0.3) is 0 Å². The van der Waals surface area contributed by atoms with Gasteiger partial charge in [0.25, 0.3) is 0 Å². The molecule has 0 saturated heterocycles. The van der Waals surface area contributed by atoms with Gasteiger partial charge in [-0.05, 0) is 31.1 Å². The van der Waals surface area contributed by atoms with Gasteiger partial charge in [-0.15, -0.1) is 0 Å². The summed E-state index contributed by atoms with van der Waals surface area (Å²) >= 11 is 0. The van der Waals surface area contributed by atoms with Crippen LogP contribution in [0.3, 0.4) is 0 Å². The van der Waals surface area contributed by atoms with Gasteiger partial charge in [0.15, 0.2) is 0 Å². The topological polar surface area (TPSA) is 0 Å². The van der Waals surface area contributed by atoms with E-state index in [1.165, 1.54) is 32.1 Å². The standard InChI is InChI=1S/C11H20/c1-4-5-6-10-7-8-11(2,3)9-10/h9H,4-8H2,1-3H3. The molecular weight excluding hydrogens is 132 g/mol. The van der Waals surface area contributed by atoms with Gasteiger partial charge in [0.2, 0.25) is 0 Å². The number of hydrogen-bond acceptors (Lipinski definition) is 0. The van der Waals surface area contributed by atoms with Gasteiger partial charge in [-0.25, -0.2) is 0 Å². The van der Waals surface area contributed by atoms with Crippen LogP contribution in [0.5, 0.6) is 0 Å². The predicted octanol–water partition coefficient (Wildman–Crippen LogP) is 3.92. The summed E-state index contributed by atoms with van der Waals surface area (Å²) in [6.45, 7) is 6.94. The fourth-order valence-corrected chi connectivity index (χ4v) is 1.78. The summed E-state index contributed by atoms with van der Waals surface area (Å²) in [5.41, 5.74) is 2.21. The monoisotopic (exact) mass is 152 g/mol. The van der Waals surface area contributed by atoms with Crippen molar-refractivity contribution in [1.82, 2.24) is 0 Å². The van der Waals surface area contributed by atoms with E-state index in [4.69, 9.17) is 0 Å². The van der Waals surface area contributed by atoms with Gasteiger partial charge in [-0.2, -0.15) is 0 Å². The Labute approximate surface area is 70.7 Å². The van der Waals surface area contributed by atoms with E-state index in [0.29, 0.717) is 5.41 Å². The van der Waals surface area contributed by atoms with E-state index in [1.807, 2.05) is 0 Å². The van der Waals surface area contributed by atoms with E-state index >= 15 is 0 Å². The van der Waals surface area contributed by atoms with E-state index < -0.39 is 0 Å². The van der Waals surface area contributed by atoms with Crippen molar-refractivity contribution in [2.24, 2.45) is 5.41 Å². The zero-order valence-corrected chi connectivity index (χ0v) is 8.11. The fraction of sp³-hybridized carbons (Fsp3) is 0.818. The number of unbranched alkanes of at least 4 members (excludes halogenated alkanes) is 1. The van der Waals surface area contributed by atoms with Crippen LogP contribution in [-0.2, 0) is 0 Å². The molecule has 0 bridgehead atoms. The molecule has 0 unspecified atom stereocenters. The molecule has 1 rings (SSSR count). The van der Waals surface area contributed by atoms with Gasteiger partial charge in [-0.3, -0.25) is 0 Å². The summed E-state index contributed by atoms with van der Waals surface area (Å²) in [4.78, 5) is 0. The van der Waals surface area contributed by atoms with Gasteiger partial charge in [0, 0.05) is 0 Å². The maximum atomic E-state index is 2.49. The van der Waals surface area contributed by atoms with Crippen LogP contribution in [0.2, 0.25) is 0 Å². The van der Waals surface area contributed by atoms with Crippen molar-refractivity contribution in [1.29, 1.82) is 0 Å². The minimum atomic E-state index is 0.503. The van der Waals surface area contributed by atoms with E-state index in [9.17, 15) is 0 Å². The first-order valence-electron chi connectivity index (χ1n) is 4.85. The third-order valence-electron chi connectivity index (χ3n) is 2.54. The van der Waals surface area contributed by atoms with Crippen molar-refractivity contribution in [3.05, 3.63) is 11.6 Å². The van der Waals surface area contributed by atoms with Crippen molar-refractivity contribution in [2.75, 3.05) is 0 Å². The summed E-state index contributed by atoms with van der Waals surface area (Å²) in [5.74, 6) is 0. The van der Waals surface area contributed by atoms with Crippen LogP contribution in [0.15, 0.2) is 11.6 Å². The summed E-state index contributed by atoms with van der Waals surface area (Å²) < 4.78 is 0. The summed E-state index contributed by atoms with van der Waals surface area (Å²) in [7, 11) is 0. The first kappa shape index (κ1) is 8.83. The molecule has 0 heterocycles. The zero-order chi connectivity index (χ0) is 8.32.